The summed E-state index contributed by atoms with van der Waals surface area (Å²) in [6, 6.07) is 8.45. The van der Waals surface area contributed by atoms with Gasteiger partial charge in [0.05, 0.1) is 5.52 Å². The Hall–Kier alpha value is -1.61. The molecular weight excluding hydrogens is 294 g/mol. The van der Waals surface area contributed by atoms with Gasteiger partial charge in [0.15, 0.2) is 0 Å². The molecule has 0 saturated carbocycles. The molecule has 0 fully saturated rings. The van der Waals surface area contributed by atoms with Crippen LogP contribution in [-0.2, 0) is 12.8 Å². The highest BCUT2D eigenvalue weighted by molar-refractivity contribution is 5.85. The molecule has 0 amide bonds. The first-order valence-corrected chi connectivity index (χ1v) is 9.44. The Labute approximate surface area is 147 Å². The third-order valence-electron chi connectivity index (χ3n) is 4.71. The number of benzene rings is 1. The first-order valence-electron chi connectivity index (χ1n) is 9.44. The van der Waals surface area contributed by atoms with Gasteiger partial charge in [0.25, 0.3) is 0 Å². The van der Waals surface area contributed by atoms with Gasteiger partial charge in [0.1, 0.15) is 5.82 Å². The molecule has 24 heavy (non-hydrogen) atoms. The van der Waals surface area contributed by atoms with Crippen LogP contribution in [0.15, 0.2) is 24.3 Å². The third kappa shape index (κ3) is 5.20. The monoisotopic (exact) mass is 327 g/mol. The molecule has 1 aromatic heterocycles. The van der Waals surface area contributed by atoms with Gasteiger partial charge in [-0.2, -0.15) is 0 Å². The van der Waals surface area contributed by atoms with Crippen LogP contribution in [0.1, 0.15) is 56.6 Å². The number of nitrogens with two attached hydrogens (primary N) is 1. The van der Waals surface area contributed by atoms with Crippen LogP contribution in [0.5, 0.6) is 0 Å². The van der Waals surface area contributed by atoms with Crippen LogP contribution in [0.25, 0.3) is 10.9 Å². The smallest absolute Gasteiger partial charge is 0.127 e. The molecule has 0 aliphatic rings. The van der Waals surface area contributed by atoms with E-state index in [2.05, 4.69) is 49.1 Å². The minimum absolute atomic E-state index is 0.744. The minimum Gasteiger partial charge on any atom is -0.383 e. The Kier molecular flexibility index (Phi) is 7.51. The number of para-hydroxylation sites is 1. The van der Waals surface area contributed by atoms with Crippen LogP contribution in [0, 0.1) is 0 Å². The van der Waals surface area contributed by atoms with Crippen LogP contribution in [0.2, 0.25) is 0 Å². The van der Waals surface area contributed by atoms with Crippen molar-refractivity contribution in [2.45, 2.75) is 58.3 Å². The Morgan fingerprint density at radius 3 is 2.38 bits per heavy atom. The summed E-state index contributed by atoms with van der Waals surface area (Å²) in [4.78, 5) is 6.91. The van der Waals surface area contributed by atoms with Crippen LogP contribution < -0.4 is 5.73 Å². The number of rotatable bonds is 10. The van der Waals surface area contributed by atoms with Gasteiger partial charge in [-0.1, -0.05) is 44.4 Å². The topological polar surface area (TPSA) is 42.1 Å². The zero-order chi connectivity index (χ0) is 17.4. The van der Waals surface area contributed by atoms with Crippen molar-refractivity contribution in [1.82, 2.24) is 9.88 Å². The van der Waals surface area contributed by atoms with E-state index in [-0.39, 0.29) is 0 Å². The fourth-order valence-electron chi connectivity index (χ4n) is 3.36. The standard InChI is InChI=1S/C21H33N3/c1-4-5-7-14-19-17(12-8-6-11-16-24(2)3)18-13-9-10-15-20(18)23-21(19)22/h9-10,13,15H,4-8,11-12,14,16H2,1-3H3,(H2,22,23). The molecule has 1 heterocycles. The molecule has 0 atom stereocenters. The van der Waals surface area contributed by atoms with E-state index in [0.29, 0.717) is 0 Å². The maximum absolute atomic E-state index is 6.32. The molecule has 0 saturated heterocycles. The van der Waals surface area contributed by atoms with E-state index in [9.17, 15) is 0 Å². The SMILES string of the molecule is CCCCCc1c(N)nc2ccccc2c1CCCCCN(C)C. The summed E-state index contributed by atoms with van der Waals surface area (Å²) in [5.74, 6) is 0.744. The van der Waals surface area contributed by atoms with Gasteiger partial charge in [-0.3, -0.25) is 0 Å². The number of hydrogen-bond donors (Lipinski definition) is 1. The summed E-state index contributed by atoms with van der Waals surface area (Å²) in [7, 11) is 4.28. The second-order valence-corrected chi connectivity index (χ2v) is 7.04. The molecule has 132 valence electrons. The van der Waals surface area contributed by atoms with Crippen molar-refractivity contribution >= 4 is 16.7 Å². The maximum Gasteiger partial charge on any atom is 0.127 e. The van der Waals surface area contributed by atoms with Crippen LogP contribution in [-0.4, -0.2) is 30.5 Å². The first-order chi connectivity index (χ1) is 11.6. The van der Waals surface area contributed by atoms with Crippen molar-refractivity contribution in [1.29, 1.82) is 0 Å². The molecule has 0 aliphatic carbocycles. The quantitative estimate of drug-likeness (QED) is 0.636. The molecule has 0 spiro atoms. The Morgan fingerprint density at radius 2 is 1.62 bits per heavy atom. The summed E-state index contributed by atoms with van der Waals surface area (Å²) in [5.41, 5.74) is 10.1. The number of nitrogen functional groups attached to an aromatic ring is 1. The van der Waals surface area contributed by atoms with Gasteiger partial charge < -0.3 is 10.6 Å². The van der Waals surface area contributed by atoms with Crippen molar-refractivity contribution in [3.05, 3.63) is 35.4 Å². The van der Waals surface area contributed by atoms with Crippen LogP contribution in [0.4, 0.5) is 5.82 Å². The van der Waals surface area contributed by atoms with E-state index in [1.54, 1.807) is 0 Å². The summed E-state index contributed by atoms with van der Waals surface area (Å²) >= 11 is 0. The highest BCUT2D eigenvalue weighted by atomic mass is 15.0. The summed E-state index contributed by atoms with van der Waals surface area (Å²) < 4.78 is 0. The molecule has 0 radical (unpaired) electrons. The first kappa shape index (κ1) is 18.7. The summed E-state index contributed by atoms with van der Waals surface area (Å²) in [5, 5.41) is 1.30. The number of aromatic nitrogens is 1. The molecule has 3 heteroatoms. The van der Waals surface area contributed by atoms with Crippen molar-refractivity contribution in [2.75, 3.05) is 26.4 Å². The largest absolute Gasteiger partial charge is 0.383 e. The van der Waals surface area contributed by atoms with Crippen molar-refractivity contribution in [3.63, 3.8) is 0 Å². The van der Waals surface area contributed by atoms with E-state index in [1.165, 1.54) is 61.6 Å². The molecule has 0 unspecified atom stereocenters. The number of fused-ring (bicyclic) bond motifs is 1. The fraction of sp³-hybridized carbons (Fsp3) is 0.571. The van der Waals surface area contributed by atoms with Gasteiger partial charge in [0, 0.05) is 5.39 Å². The minimum atomic E-state index is 0.744. The van der Waals surface area contributed by atoms with Gasteiger partial charge in [-0.15, -0.1) is 0 Å². The number of pyridine rings is 1. The van der Waals surface area contributed by atoms with Gasteiger partial charge in [-0.25, -0.2) is 4.98 Å². The average molecular weight is 328 g/mol. The third-order valence-corrected chi connectivity index (χ3v) is 4.71. The maximum atomic E-state index is 6.32. The lowest BCUT2D eigenvalue weighted by atomic mass is 9.94. The lowest BCUT2D eigenvalue weighted by Gasteiger charge is -2.16. The Morgan fingerprint density at radius 1 is 0.917 bits per heavy atom. The Bertz CT molecular complexity index is 634. The number of hydrogen-bond acceptors (Lipinski definition) is 3. The molecule has 2 N–H and O–H groups in total. The van der Waals surface area contributed by atoms with Gasteiger partial charge >= 0.3 is 0 Å². The second kappa shape index (κ2) is 9.63. The zero-order valence-corrected chi connectivity index (χ0v) is 15.6. The molecule has 2 rings (SSSR count). The van der Waals surface area contributed by atoms with Crippen molar-refractivity contribution in [2.24, 2.45) is 0 Å². The van der Waals surface area contributed by atoms with Crippen molar-refractivity contribution < 1.29 is 0 Å². The van der Waals surface area contributed by atoms with Gasteiger partial charge in [-0.05, 0) is 69.9 Å². The fourth-order valence-corrected chi connectivity index (χ4v) is 3.36. The second-order valence-electron chi connectivity index (χ2n) is 7.04. The Balaban J connectivity index is 2.17. The van der Waals surface area contributed by atoms with E-state index < -0.39 is 0 Å². The number of aryl methyl sites for hydroxylation is 1. The van der Waals surface area contributed by atoms with Crippen LogP contribution in [0.3, 0.4) is 0 Å². The predicted molar refractivity (Wildman–Crippen MR) is 105 cm³/mol. The van der Waals surface area contributed by atoms with Crippen molar-refractivity contribution in [3.8, 4) is 0 Å². The number of unbranched alkanes of at least 4 members (excludes halogenated alkanes) is 4. The van der Waals surface area contributed by atoms with E-state index in [1.807, 2.05) is 6.07 Å². The normalized spacial score (nSPS) is 11.5. The molecule has 0 bridgehead atoms. The number of anilines is 1. The highest BCUT2D eigenvalue weighted by Crippen LogP contribution is 2.28. The molecule has 1 aromatic carbocycles. The van der Waals surface area contributed by atoms with E-state index >= 15 is 0 Å². The lowest BCUT2D eigenvalue weighted by molar-refractivity contribution is 0.391. The van der Waals surface area contributed by atoms with Gasteiger partial charge in [0.2, 0.25) is 0 Å². The van der Waals surface area contributed by atoms with E-state index in [4.69, 9.17) is 5.73 Å². The predicted octanol–water partition coefficient (Wildman–Crippen LogP) is 4.82. The van der Waals surface area contributed by atoms with Crippen LogP contribution >= 0.6 is 0 Å². The summed E-state index contributed by atoms with van der Waals surface area (Å²) in [6.45, 7) is 3.41. The lowest BCUT2D eigenvalue weighted by Crippen LogP contribution is -2.12. The average Bonchev–Trinajstić information content (AvgIpc) is 2.56. The molecule has 0 aliphatic heterocycles. The molecular formula is C21H33N3. The number of nitrogens with zero attached hydrogens (tertiary/aromatic N) is 2. The summed E-state index contributed by atoms with van der Waals surface area (Å²) in [6.07, 6.45) is 9.62. The molecule has 3 nitrogen and oxygen atoms in total. The highest BCUT2D eigenvalue weighted by Gasteiger charge is 2.12. The zero-order valence-electron chi connectivity index (χ0n) is 15.6. The molecule has 2 aromatic rings. The van der Waals surface area contributed by atoms with E-state index in [0.717, 1.165) is 24.2 Å².